The second-order valence-electron chi connectivity index (χ2n) is 9.59. The summed E-state index contributed by atoms with van der Waals surface area (Å²) in [5, 5.41) is 19.0. The molecule has 8 heteroatoms. The Kier molecular flexibility index (Phi) is 8.11. The smallest absolute Gasteiger partial charge is 0.124 e. The topological polar surface area (TPSA) is 74.3 Å². The van der Waals surface area contributed by atoms with E-state index in [1.807, 2.05) is 31.2 Å². The fourth-order valence-corrected chi connectivity index (χ4v) is 5.57. The molecule has 1 saturated heterocycles. The van der Waals surface area contributed by atoms with Gasteiger partial charge in [-0.2, -0.15) is 5.10 Å². The zero-order valence-electron chi connectivity index (χ0n) is 20.7. The van der Waals surface area contributed by atoms with E-state index in [-0.39, 0.29) is 12.7 Å². The highest BCUT2D eigenvalue weighted by molar-refractivity contribution is 6.35. The minimum atomic E-state index is -0.343. The molecule has 4 aromatic rings. The summed E-state index contributed by atoms with van der Waals surface area (Å²) < 4.78 is 6.17. The third kappa shape index (κ3) is 6.16. The van der Waals surface area contributed by atoms with Crippen LogP contribution in [0.15, 0.2) is 54.9 Å². The Morgan fingerprint density at radius 3 is 2.68 bits per heavy atom. The van der Waals surface area contributed by atoms with Gasteiger partial charge < -0.3 is 9.84 Å². The lowest BCUT2D eigenvalue weighted by molar-refractivity contribution is 0.116. The number of pyridine rings is 1. The Labute approximate surface area is 226 Å². The summed E-state index contributed by atoms with van der Waals surface area (Å²) in [6.45, 7) is 5.17. The van der Waals surface area contributed by atoms with Crippen molar-refractivity contribution in [3.63, 3.8) is 0 Å². The van der Waals surface area contributed by atoms with Crippen LogP contribution in [0.4, 0.5) is 0 Å². The van der Waals surface area contributed by atoms with Gasteiger partial charge in [-0.05, 0) is 67.6 Å². The summed E-state index contributed by atoms with van der Waals surface area (Å²) in [4.78, 5) is 6.44. The van der Waals surface area contributed by atoms with E-state index in [9.17, 15) is 5.11 Å². The van der Waals surface area contributed by atoms with Crippen LogP contribution in [0.25, 0.3) is 23.1 Å². The molecule has 37 heavy (non-hydrogen) atoms. The average molecular weight is 537 g/mol. The van der Waals surface area contributed by atoms with Crippen LogP contribution in [0.5, 0.6) is 5.75 Å². The van der Waals surface area contributed by atoms with Crippen LogP contribution in [-0.2, 0) is 6.54 Å². The standard InChI is InChI=1S/C29H30Cl2N4O2/c1-19(29-25(30)14-32-15-26(29)31)37-23-9-11-28-24(13-23)27(33-34-28)10-8-20-4-6-21(7-5-20)16-35-12-2-3-22(17-35)18-36/h4-11,13-15,19,22,36H,2-3,12,16-18H2,1H3,(H,33,34)/b10-8+. The summed E-state index contributed by atoms with van der Waals surface area (Å²) in [5.41, 5.74) is 4.86. The molecule has 0 aliphatic carbocycles. The van der Waals surface area contributed by atoms with E-state index in [0.717, 1.165) is 54.6 Å². The van der Waals surface area contributed by atoms with Gasteiger partial charge in [0.1, 0.15) is 11.9 Å². The molecule has 2 aromatic carbocycles. The molecule has 6 nitrogen and oxygen atoms in total. The van der Waals surface area contributed by atoms with Crippen LogP contribution >= 0.6 is 23.2 Å². The third-order valence-corrected chi connectivity index (χ3v) is 7.46. The highest BCUT2D eigenvalue weighted by Gasteiger charge is 2.19. The van der Waals surface area contributed by atoms with Crippen molar-refractivity contribution in [1.82, 2.24) is 20.1 Å². The minimum Gasteiger partial charge on any atom is -0.486 e. The van der Waals surface area contributed by atoms with Crippen molar-refractivity contribution in [1.29, 1.82) is 0 Å². The number of nitrogens with zero attached hydrogens (tertiary/aromatic N) is 3. The molecule has 0 spiro atoms. The van der Waals surface area contributed by atoms with E-state index in [2.05, 4.69) is 50.4 Å². The molecule has 1 aliphatic rings. The molecule has 2 atom stereocenters. The van der Waals surface area contributed by atoms with Gasteiger partial charge in [-0.15, -0.1) is 0 Å². The van der Waals surface area contributed by atoms with Crippen molar-refractivity contribution in [3.8, 4) is 5.75 Å². The van der Waals surface area contributed by atoms with Gasteiger partial charge in [0.25, 0.3) is 0 Å². The van der Waals surface area contributed by atoms with Crippen LogP contribution in [0.2, 0.25) is 10.0 Å². The normalized spacial score (nSPS) is 17.5. The first-order valence-electron chi connectivity index (χ1n) is 12.5. The van der Waals surface area contributed by atoms with Crippen molar-refractivity contribution in [2.75, 3.05) is 19.7 Å². The lowest BCUT2D eigenvalue weighted by atomic mass is 9.98. The van der Waals surface area contributed by atoms with E-state index in [4.69, 9.17) is 27.9 Å². The number of aliphatic hydroxyl groups excluding tert-OH is 1. The number of aliphatic hydroxyl groups is 1. The number of piperidine rings is 1. The highest BCUT2D eigenvalue weighted by Crippen LogP contribution is 2.33. The first kappa shape index (κ1) is 25.7. The summed E-state index contributed by atoms with van der Waals surface area (Å²) in [7, 11) is 0. The van der Waals surface area contributed by atoms with Crippen molar-refractivity contribution in [2.24, 2.45) is 5.92 Å². The largest absolute Gasteiger partial charge is 0.486 e. The SMILES string of the molecule is CC(Oc1ccc2[nH]nc(/C=C/c3ccc(CN4CCCC(CO)C4)cc3)c2c1)c1c(Cl)cncc1Cl. The second-order valence-corrected chi connectivity index (χ2v) is 10.4. The molecule has 2 unspecified atom stereocenters. The van der Waals surface area contributed by atoms with Gasteiger partial charge in [-0.25, -0.2) is 0 Å². The number of hydrogen-bond acceptors (Lipinski definition) is 5. The van der Waals surface area contributed by atoms with Gasteiger partial charge in [0.2, 0.25) is 0 Å². The molecule has 192 valence electrons. The average Bonchev–Trinajstić information content (AvgIpc) is 3.30. The van der Waals surface area contributed by atoms with Crippen LogP contribution in [0.3, 0.4) is 0 Å². The predicted molar refractivity (Wildman–Crippen MR) is 150 cm³/mol. The van der Waals surface area contributed by atoms with E-state index in [1.165, 1.54) is 5.56 Å². The number of nitrogens with one attached hydrogen (secondary N) is 1. The Morgan fingerprint density at radius 1 is 1.14 bits per heavy atom. The Balaban J connectivity index is 1.27. The van der Waals surface area contributed by atoms with Crippen molar-refractivity contribution < 1.29 is 9.84 Å². The number of aromatic amines is 1. The van der Waals surface area contributed by atoms with Crippen molar-refractivity contribution in [2.45, 2.75) is 32.4 Å². The quantitative estimate of drug-likeness (QED) is 0.259. The molecule has 0 saturated carbocycles. The number of likely N-dealkylation sites (tertiary alicyclic amines) is 1. The summed E-state index contributed by atoms with van der Waals surface area (Å²) in [6.07, 6.45) is 9.14. The molecule has 1 fully saturated rings. The van der Waals surface area contributed by atoms with Crippen LogP contribution in [0, 0.1) is 5.92 Å². The van der Waals surface area contributed by atoms with Crippen molar-refractivity contribution in [3.05, 3.63) is 87.3 Å². The Morgan fingerprint density at radius 2 is 1.92 bits per heavy atom. The lowest BCUT2D eigenvalue weighted by Crippen LogP contribution is -2.36. The third-order valence-electron chi connectivity index (χ3n) is 6.85. The first-order valence-corrected chi connectivity index (χ1v) is 13.3. The molecule has 0 bridgehead atoms. The fraction of sp³-hybridized carbons (Fsp3) is 0.310. The second kappa shape index (κ2) is 11.7. The zero-order valence-corrected chi connectivity index (χ0v) is 22.2. The van der Waals surface area contributed by atoms with Crippen LogP contribution in [-0.4, -0.2) is 44.9 Å². The van der Waals surface area contributed by atoms with Gasteiger partial charge >= 0.3 is 0 Å². The van der Waals surface area contributed by atoms with Crippen molar-refractivity contribution >= 4 is 46.3 Å². The molecular formula is C29H30Cl2N4O2. The number of halogens is 2. The van der Waals surface area contributed by atoms with Crippen LogP contribution < -0.4 is 4.74 Å². The Bertz CT molecular complexity index is 1370. The molecule has 3 heterocycles. The van der Waals surface area contributed by atoms with E-state index in [1.54, 1.807) is 12.4 Å². The number of rotatable bonds is 8. The molecule has 0 radical (unpaired) electrons. The summed E-state index contributed by atoms with van der Waals surface area (Å²) in [5.74, 6) is 1.10. The Hall–Kier alpha value is -2.90. The van der Waals surface area contributed by atoms with E-state index < -0.39 is 0 Å². The number of aromatic nitrogens is 3. The van der Waals surface area contributed by atoms with Gasteiger partial charge in [0, 0.05) is 43.0 Å². The van der Waals surface area contributed by atoms with Gasteiger partial charge in [0.05, 0.1) is 21.3 Å². The van der Waals surface area contributed by atoms with Gasteiger partial charge in [-0.3, -0.25) is 15.0 Å². The maximum Gasteiger partial charge on any atom is 0.124 e. The maximum atomic E-state index is 9.48. The van der Waals surface area contributed by atoms with Crippen LogP contribution in [0.1, 0.15) is 48.3 Å². The molecule has 2 aromatic heterocycles. The molecule has 5 rings (SSSR count). The maximum absolute atomic E-state index is 9.48. The van der Waals surface area contributed by atoms with Gasteiger partial charge in [0.15, 0.2) is 0 Å². The fourth-order valence-electron chi connectivity index (χ4n) is 4.90. The molecule has 2 N–H and O–H groups in total. The number of fused-ring (bicyclic) bond motifs is 1. The summed E-state index contributed by atoms with van der Waals surface area (Å²) >= 11 is 12.6. The first-order chi connectivity index (χ1) is 18.0. The monoisotopic (exact) mass is 536 g/mol. The highest BCUT2D eigenvalue weighted by atomic mass is 35.5. The number of ether oxygens (including phenoxy) is 1. The number of H-pyrrole nitrogens is 1. The number of hydrogen-bond donors (Lipinski definition) is 2. The molecule has 0 amide bonds. The minimum absolute atomic E-state index is 0.280. The zero-order chi connectivity index (χ0) is 25.8. The predicted octanol–water partition coefficient (Wildman–Crippen LogP) is 6.78. The van der Waals surface area contributed by atoms with E-state index >= 15 is 0 Å². The number of benzene rings is 2. The lowest BCUT2D eigenvalue weighted by Gasteiger charge is -2.31. The molecule has 1 aliphatic heterocycles. The van der Waals surface area contributed by atoms with E-state index in [0.29, 0.717) is 27.3 Å². The summed E-state index contributed by atoms with van der Waals surface area (Å²) in [6, 6.07) is 14.4. The molecular weight excluding hydrogens is 507 g/mol. The van der Waals surface area contributed by atoms with Gasteiger partial charge in [-0.1, -0.05) is 53.5 Å².